The van der Waals surface area contributed by atoms with Crippen molar-refractivity contribution in [2.75, 3.05) is 14.2 Å². The van der Waals surface area contributed by atoms with Crippen LogP contribution >= 0.6 is 0 Å². The first-order valence-electron chi connectivity index (χ1n) is 5.56. The van der Waals surface area contributed by atoms with Gasteiger partial charge in [-0.25, -0.2) is 0 Å². The smallest absolute Gasteiger partial charge is 0.454 e. The third-order valence-corrected chi connectivity index (χ3v) is 2.35. The topological polar surface area (TPSA) is 35.5 Å². The average molecular weight is 286 g/mol. The molecular weight excluding hydrogens is 273 g/mol. The summed E-state index contributed by atoms with van der Waals surface area (Å²) in [4.78, 5) is 10.6. The minimum Gasteiger partial charge on any atom is -0.497 e. The first kappa shape index (κ1) is 15.8. The number of ether oxygens (including phenoxy) is 2. The minimum atomic E-state index is -4.85. The molecule has 6 heteroatoms. The van der Waals surface area contributed by atoms with Crippen LogP contribution in [0, 0.1) is 0 Å². The van der Waals surface area contributed by atoms with Gasteiger partial charge in [0.25, 0.3) is 5.78 Å². The second kappa shape index (κ2) is 6.79. The van der Waals surface area contributed by atoms with Gasteiger partial charge < -0.3 is 9.47 Å². The zero-order valence-electron chi connectivity index (χ0n) is 10.9. The van der Waals surface area contributed by atoms with Gasteiger partial charge in [0.2, 0.25) is 0 Å². The highest BCUT2D eigenvalue weighted by Crippen LogP contribution is 2.25. The van der Waals surface area contributed by atoms with Gasteiger partial charge in [0.05, 0.1) is 14.2 Å². The van der Waals surface area contributed by atoms with Gasteiger partial charge in [-0.15, -0.1) is 0 Å². The molecule has 0 aliphatic rings. The molecule has 0 saturated carbocycles. The van der Waals surface area contributed by atoms with Crippen LogP contribution in [0.4, 0.5) is 13.2 Å². The molecule has 0 atom stereocenters. The van der Waals surface area contributed by atoms with E-state index in [1.807, 2.05) is 0 Å². The van der Waals surface area contributed by atoms with E-state index in [9.17, 15) is 18.0 Å². The van der Waals surface area contributed by atoms with Crippen LogP contribution in [0.25, 0.3) is 6.08 Å². The number of hydrogen-bond donors (Lipinski definition) is 0. The fraction of sp³-hybridized carbons (Fsp3) is 0.214. The van der Waals surface area contributed by atoms with Gasteiger partial charge in [0.1, 0.15) is 11.5 Å². The van der Waals surface area contributed by atoms with Gasteiger partial charge in [-0.05, 0) is 18.2 Å². The van der Waals surface area contributed by atoms with Gasteiger partial charge in [-0.2, -0.15) is 13.2 Å². The SMILES string of the molecule is COc1ccc(/C=C/C=C/C(=O)C(F)(F)F)c(OC)c1. The van der Waals surface area contributed by atoms with E-state index in [1.165, 1.54) is 26.4 Å². The van der Waals surface area contributed by atoms with E-state index in [-0.39, 0.29) is 0 Å². The van der Waals surface area contributed by atoms with Gasteiger partial charge in [-0.3, -0.25) is 4.79 Å². The molecule has 0 amide bonds. The highest BCUT2D eigenvalue weighted by atomic mass is 19.4. The van der Waals surface area contributed by atoms with Crippen LogP contribution < -0.4 is 9.47 Å². The largest absolute Gasteiger partial charge is 0.497 e. The molecule has 0 saturated heterocycles. The van der Waals surface area contributed by atoms with Crippen molar-refractivity contribution in [3.63, 3.8) is 0 Å². The molecule has 0 unspecified atom stereocenters. The lowest BCUT2D eigenvalue weighted by Crippen LogP contribution is -2.19. The summed E-state index contributed by atoms with van der Waals surface area (Å²) >= 11 is 0. The third-order valence-electron chi connectivity index (χ3n) is 2.35. The Labute approximate surface area is 114 Å². The Morgan fingerprint density at radius 2 is 1.85 bits per heavy atom. The Bertz CT molecular complexity index is 531. The van der Waals surface area contributed by atoms with Gasteiger partial charge in [-0.1, -0.05) is 18.2 Å². The summed E-state index contributed by atoms with van der Waals surface area (Å²) in [6.07, 6.45) is -0.499. The van der Waals surface area contributed by atoms with E-state index >= 15 is 0 Å². The van der Waals surface area contributed by atoms with Crippen molar-refractivity contribution < 1.29 is 27.4 Å². The molecule has 1 aromatic carbocycles. The number of ketones is 1. The van der Waals surface area contributed by atoms with Crippen LogP contribution in [0.3, 0.4) is 0 Å². The highest BCUT2D eigenvalue weighted by Gasteiger charge is 2.35. The van der Waals surface area contributed by atoms with Crippen molar-refractivity contribution in [2.24, 2.45) is 0 Å². The Balaban J connectivity index is 2.81. The third kappa shape index (κ3) is 4.46. The van der Waals surface area contributed by atoms with Crippen molar-refractivity contribution in [3.8, 4) is 11.5 Å². The van der Waals surface area contributed by atoms with E-state index in [4.69, 9.17) is 9.47 Å². The molecule has 1 aromatic rings. The molecular formula is C14H13F3O3. The zero-order chi connectivity index (χ0) is 15.2. The predicted molar refractivity (Wildman–Crippen MR) is 68.8 cm³/mol. The van der Waals surface area contributed by atoms with E-state index in [0.29, 0.717) is 23.1 Å². The molecule has 1 rings (SSSR count). The monoisotopic (exact) mass is 286 g/mol. The Morgan fingerprint density at radius 1 is 1.15 bits per heavy atom. The molecule has 108 valence electrons. The maximum atomic E-state index is 11.9. The zero-order valence-corrected chi connectivity index (χ0v) is 10.9. The average Bonchev–Trinajstić information content (AvgIpc) is 2.42. The Kier molecular flexibility index (Phi) is 5.37. The van der Waals surface area contributed by atoms with Crippen LogP contribution in [0.15, 0.2) is 36.4 Å². The molecule has 0 aliphatic carbocycles. The van der Waals surface area contributed by atoms with Crippen LogP contribution in [0.1, 0.15) is 5.56 Å². The van der Waals surface area contributed by atoms with Crippen molar-refractivity contribution >= 4 is 11.9 Å². The Morgan fingerprint density at radius 3 is 2.40 bits per heavy atom. The number of allylic oxidation sites excluding steroid dienone is 3. The summed E-state index contributed by atoms with van der Waals surface area (Å²) in [5, 5.41) is 0. The molecule has 0 aliphatic heterocycles. The van der Waals surface area contributed by atoms with Crippen molar-refractivity contribution in [1.82, 2.24) is 0 Å². The lowest BCUT2D eigenvalue weighted by atomic mass is 10.1. The fourth-order valence-electron chi connectivity index (χ4n) is 1.35. The predicted octanol–water partition coefficient (Wildman–Crippen LogP) is 3.40. The second-order valence-corrected chi connectivity index (χ2v) is 3.69. The van der Waals surface area contributed by atoms with Crippen molar-refractivity contribution in [2.45, 2.75) is 6.18 Å². The Hall–Kier alpha value is -2.24. The van der Waals surface area contributed by atoms with Gasteiger partial charge in [0, 0.05) is 11.6 Å². The number of benzene rings is 1. The summed E-state index contributed by atoms with van der Waals surface area (Å²) in [7, 11) is 2.98. The molecule has 0 fully saturated rings. The van der Waals surface area contributed by atoms with E-state index in [2.05, 4.69) is 0 Å². The summed E-state index contributed by atoms with van der Waals surface area (Å²) in [5.74, 6) is -0.790. The van der Waals surface area contributed by atoms with Gasteiger partial charge in [0.15, 0.2) is 0 Å². The van der Waals surface area contributed by atoms with Crippen LogP contribution in [-0.2, 0) is 4.79 Å². The first-order valence-corrected chi connectivity index (χ1v) is 5.56. The van der Waals surface area contributed by atoms with Crippen LogP contribution in [0.5, 0.6) is 11.5 Å². The first-order chi connectivity index (χ1) is 9.38. The standard InChI is InChI=1S/C14H13F3O3/c1-19-11-8-7-10(12(9-11)20-2)5-3-4-6-13(18)14(15,16)17/h3-9H,1-2H3/b5-3+,6-4+. The van der Waals surface area contributed by atoms with Crippen LogP contribution in [0.2, 0.25) is 0 Å². The van der Waals surface area contributed by atoms with Gasteiger partial charge >= 0.3 is 6.18 Å². The summed E-state index contributed by atoms with van der Waals surface area (Å²) in [5.41, 5.74) is 0.650. The summed E-state index contributed by atoms with van der Waals surface area (Å²) in [6, 6.07) is 5.02. The number of alkyl halides is 3. The molecule has 0 aromatic heterocycles. The van der Waals surface area contributed by atoms with Crippen molar-refractivity contribution in [3.05, 3.63) is 42.0 Å². The summed E-state index contributed by atoms with van der Waals surface area (Å²) < 4.78 is 46.0. The molecule has 0 bridgehead atoms. The van der Waals surface area contributed by atoms with E-state index < -0.39 is 12.0 Å². The molecule has 3 nitrogen and oxygen atoms in total. The number of rotatable bonds is 5. The minimum absolute atomic E-state index is 0.465. The number of carbonyl (C=O) groups is 1. The molecule has 0 heterocycles. The molecule has 0 N–H and O–H groups in total. The lowest BCUT2D eigenvalue weighted by molar-refractivity contribution is -0.165. The van der Waals surface area contributed by atoms with E-state index in [0.717, 1.165) is 6.08 Å². The molecule has 20 heavy (non-hydrogen) atoms. The van der Waals surface area contributed by atoms with E-state index in [1.54, 1.807) is 18.2 Å². The number of methoxy groups -OCH3 is 2. The maximum Gasteiger partial charge on any atom is 0.454 e. The highest BCUT2D eigenvalue weighted by molar-refractivity contribution is 5.94. The second-order valence-electron chi connectivity index (χ2n) is 3.69. The maximum absolute atomic E-state index is 11.9. The number of carbonyl (C=O) groups excluding carboxylic acids is 1. The number of hydrogen-bond acceptors (Lipinski definition) is 3. The van der Waals surface area contributed by atoms with Crippen molar-refractivity contribution in [1.29, 1.82) is 0 Å². The van der Waals surface area contributed by atoms with Crippen LogP contribution in [-0.4, -0.2) is 26.2 Å². The summed E-state index contributed by atoms with van der Waals surface area (Å²) in [6.45, 7) is 0. The molecule has 0 spiro atoms. The molecule has 0 radical (unpaired) electrons. The lowest BCUT2D eigenvalue weighted by Gasteiger charge is -2.06. The quantitative estimate of drug-likeness (QED) is 0.614. The fourth-order valence-corrected chi connectivity index (χ4v) is 1.35. The number of halogens is 3. The normalized spacial score (nSPS) is 12.1.